The van der Waals surface area contributed by atoms with Crippen molar-refractivity contribution in [2.75, 3.05) is 26.7 Å². The van der Waals surface area contributed by atoms with Crippen molar-refractivity contribution in [2.45, 2.75) is 19.9 Å². The highest BCUT2D eigenvalue weighted by molar-refractivity contribution is 5.80. The maximum absolute atomic E-state index is 12.3. The number of rotatable bonds is 3. The second-order valence-corrected chi connectivity index (χ2v) is 6.94. The Morgan fingerprint density at radius 2 is 2.12 bits per heavy atom. The smallest absolute Gasteiger partial charge is 0.241 e. The number of carbonyl (C=O) groups is 1. The number of benzene rings is 1. The summed E-state index contributed by atoms with van der Waals surface area (Å²) in [5, 5.41) is 4.12. The van der Waals surface area contributed by atoms with E-state index in [1.807, 2.05) is 43.1 Å². The van der Waals surface area contributed by atoms with E-state index < -0.39 is 0 Å². The van der Waals surface area contributed by atoms with Gasteiger partial charge in [-0.05, 0) is 24.8 Å². The molecule has 2 atom stereocenters. The first-order valence-electron chi connectivity index (χ1n) is 8.48. The van der Waals surface area contributed by atoms with Crippen LogP contribution in [-0.2, 0) is 11.3 Å². The van der Waals surface area contributed by atoms with Gasteiger partial charge in [-0.3, -0.25) is 9.69 Å². The Bertz CT molecular complexity index is 757. The number of hydrogen-bond acceptors (Lipinski definition) is 5. The normalized spacial score (nSPS) is 24.4. The summed E-state index contributed by atoms with van der Waals surface area (Å²) in [5.41, 5.74) is 2.13. The average Bonchev–Trinajstić information content (AvgIpc) is 3.19. The fraction of sp³-hybridized carbons (Fsp3) is 0.500. The van der Waals surface area contributed by atoms with Crippen LogP contribution in [0.1, 0.15) is 17.9 Å². The molecule has 24 heavy (non-hydrogen) atoms. The Hall–Kier alpha value is -2.21. The number of nitrogens with zero attached hydrogens (tertiary/aromatic N) is 4. The highest BCUT2D eigenvalue weighted by Crippen LogP contribution is 2.32. The third kappa shape index (κ3) is 2.71. The van der Waals surface area contributed by atoms with Gasteiger partial charge in [0, 0.05) is 32.2 Å². The zero-order valence-corrected chi connectivity index (χ0v) is 14.1. The van der Waals surface area contributed by atoms with Crippen LogP contribution in [0.25, 0.3) is 11.4 Å². The number of fused-ring (bicyclic) bond motifs is 1. The first-order valence-corrected chi connectivity index (χ1v) is 8.48. The standard InChI is InChI=1S/C18H22N4O2/c1-12-5-3-4-6-14(12)17-19-16(24-20-17)11-22-9-13-7-8-21(2)18(23)15(13)10-22/h3-6,13,15H,7-11H2,1-2H3/t13-,15+/m1/s1. The van der Waals surface area contributed by atoms with Crippen LogP contribution in [0.2, 0.25) is 0 Å². The molecule has 2 aromatic rings. The van der Waals surface area contributed by atoms with Gasteiger partial charge in [0.1, 0.15) is 0 Å². The number of piperidine rings is 1. The molecule has 1 amide bonds. The van der Waals surface area contributed by atoms with Crippen LogP contribution < -0.4 is 0 Å². The zero-order chi connectivity index (χ0) is 16.7. The van der Waals surface area contributed by atoms with E-state index in [0.29, 0.717) is 24.2 Å². The molecule has 0 saturated carbocycles. The van der Waals surface area contributed by atoms with E-state index in [1.165, 1.54) is 0 Å². The van der Waals surface area contributed by atoms with Crippen LogP contribution in [0.15, 0.2) is 28.8 Å². The van der Waals surface area contributed by atoms with Gasteiger partial charge in [0.15, 0.2) is 0 Å². The molecule has 6 heteroatoms. The number of aryl methyl sites for hydroxylation is 1. The molecule has 2 aliphatic rings. The predicted molar refractivity (Wildman–Crippen MR) is 89.0 cm³/mol. The molecule has 2 fully saturated rings. The van der Waals surface area contributed by atoms with Gasteiger partial charge in [-0.1, -0.05) is 29.4 Å². The SMILES string of the molecule is Cc1ccccc1-c1noc(CN2C[C@H]3CCN(C)C(=O)[C@H]3C2)n1. The molecular weight excluding hydrogens is 304 g/mol. The molecule has 1 aromatic carbocycles. The second kappa shape index (κ2) is 6.02. The molecule has 0 radical (unpaired) electrons. The molecule has 2 saturated heterocycles. The van der Waals surface area contributed by atoms with E-state index in [-0.39, 0.29) is 11.8 Å². The van der Waals surface area contributed by atoms with Crippen LogP contribution >= 0.6 is 0 Å². The summed E-state index contributed by atoms with van der Waals surface area (Å²) < 4.78 is 5.44. The maximum Gasteiger partial charge on any atom is 0.241 e. The monoisotopic (exact) mass is 326 g/mol. The van der Waals surface area contributed by atoms with E-state index in [0.717, 1.165) is 37.2 Å². The number of aromatic nitrogens is 2. The zero-order valence-electron chi connectivity index (χ0n) is 14.1. The van der Waals surface area contributed by atoms with Crippen LogP contribution in [0, 0.1) is 18.8 Å². The Labute approximate surface area is 141 Å². The van der Waals surface area contributed by atoms with Gasteiger partial charge < -0.3 is 9.42 Å². The molecule has 0 bridgehead atoms. The van der Waals surface area contributed by atoms with Crippen LogP contribution in [0.3, 0.4) is 0 Å². The molecule has 3 heterocycles. The van der Waals surface area contributed by atoms with E-state index >= 15 is 0 Å². The molecule has 126 valence electrons. The highest BCUT2D eigenvalue weighted by atomic mass is 16.5. The van der Waals surface area contributed by atoms with Crippen molar-refractivity contribution in [1.82, 2.24) is 19.9 Å². The molecule has 4 rings (SSSR count). The van der Waals surface area contributed by atoms with Crippen LogP contribution in [0.5, 0.6) is 0 Å². The summed E-state index contributed by atoms with van der Waals surface area (Å²) in [7, 11) is 1.90. The topological polar surface area (TPSA) is 62.5 Å². The number of amides is 1. The first kappa shape index (κ1) is 15.3. The molecule has 0 N–H and O–H groups in total. The van der Waals surface area contributed by atoms with Gasteiger partial charge in [-0.2, -0.15) is 4.98 Å². The van der Waals surface area contributed by atoms with E-state index in [4.69, 9.17) is 4.52 Å². The summed E-state index contributed by atoms with van der Waals surface area (Å²) >= 11 is 0. The summed E-state index contributed by atoms with van der Waals surface area (Å²) in [6, 6.07) is 8.02. The van der Waals surface area contributed by atoms with Crippen molar-refractivity contribution < 1.29 is 9.32 Å². The molecule has 6 nitrogen and oxygen atoms in total. The molecule has 2 aliphatic heterocycles. The predicted octanol–water partition coefficient (Wildman–Crippen LogP) is 1.96. The van der Waals surface area contributed by atoms with E-state index in [9.17, 15) is 4.79 Å². The number of hydrogen-bond donors (Lipinski definition) is 0. The van der Waals surface area contributed by atoms with Gasteiger partial charge in [0.05, 0.1) is 12.5 Å². The lowest BCUT2D eigenvalue weighted by atomic mass is 9.88. The fourth-order valence-corrected chi connectivity index (χ4v) is 3.86. The summed E-state index contributed by atoms with van der Waals surface area (Å²) in [5.74, 6) is 2.12. The Balaban J connectivity index is 1.46. The average molecular weight is 326 g/mol. The maximum atomic E-state index is 12.3. The van der Waals surface area contributed by atoms with Crippen molar-refractivity contribution in [3.05, 3.63) is 35.7 Å². The van der Waals surface area contributed by atoms with Crippen molar-refractivity contribution in [2.24, 2.45) is 11.8 Å². The van der Waals surface area contributed by atoms with Crippen molar-refractivity contribution >= 4 is 5.91 Å². The van der Waals surface area contributed by atoms with Gasteiger partial charge >= 0.3 is 0 Å². The second-order valence-electron chi connectivity index (χ2n) is 6.94. The van der Waals surface area contributed by atoms with Crippen molar-refractivity contribution in [3.63, 3.8) is 0 Å². The van der Waals surface area contributed by atoms with E-state index in [2.05, 4.69) is 15.0 Å². The quantitative estimate of drug-likeness (QED) is 0.863. The minimum atomic E-state index is 0.127. The molecule has 0 aliphatic carbocycles. The lowest BCUT2D eigenvalue weighted by Crippen LogP contribution is -2.42. The summed E-state index contributed by atoms with van der Waals surface area (Å²) in [4.78, 5) is 20.9. The van der Waals surface area contributed by atoms with Crippen molar-refractivity contribution in [3.8, 4) is 11.4 Å². The van der Waals surface area contributed by atoms with Gasteiger partial charge in [-0.25, -0.2) is 0 Å². The van der Waals surface area contributed by atoms with Crippen molar-refractivity contribution in [1.29, 1.82) is 0 Å². The Kier molecular flexibility index (Phi) is 3.84. The minimum absolute atomic E-state index is 0.127. The molecule has 1 aromatic heterocycles. The minimum Gasteiger partial charge on any atom is -0.345 e. The number of likely N-dealkylation sites (tertiary alicyclic amines) is 2. The Morgan fingerprint density at radius 3 is 2.96 bits per heavy atom. The van der Waals surface area contributed by atoms with E-state index in [1.54, 1.807) is 0 Å². The third-order valence-electron chi connectivity index (χ3n) is 5.26. The molecule has 0 unspecified atom stereocenters. The van der Waals surface area contributed by atoms with Gasteiger partial charge in [-0.15, -0.1) is 0 Å². The lowest BCUT2D eigenvalue weighted by Gasteiger charge is -2.30. The highest BCUT2D eigenvalue weighted by Gasteiger charge is 2.41. The van der Waals surface area contributed by atoms with Gasteiger partial charge in [0.2, 0.25) is 17.6 Å². The first-order chi connectivity index (χ1) is 11.6. The molecular formula is C18H22N4O2. The lowest BCUT2D eigenvalue weighted by molar-refractivity contribution is -0.137. The third-order valence-corrected chi connectivity index (χ3v) is 5.26. The fourth-order valence-electron chi connectivity index (χ4n) is 3.86. The Morgan fingerprint density at radius 1 is 1.29 bits per heavy atom. The number of carbonyl (C=O) groups excluding carboxylic acids is 1. The molecule has 0 spiro atoms. The van der Waals surface area contributed by atoms with Crippen LogP contribution in [-0.4, -0.2) is 52.5 Å². The van der Waals surface area contributed by atoms with Gasteiger partial charge in [0.25, 0.3) is 0 Å². The van der Waals surface area contributed by atoms with Crippen LogP contribution in [0.4, 0.5) is 0 Å². The summed E-state index contributed by atoms with van der Waals surface area (Å²) in [6.45, 7) is 5.25. The largest absolute Gasteiger partial charge is 0.345 e. The summed E-state index contributed by atoms with van der Waals surface area (Å²) in [6.07, 6.45) is 1.09.